The minimum atomic E-state index is -1.10. The standard InChI is InChI=1S/C17H22N4O3/c1-4-6-14-16(17(24)18-10-15(22)23)19-20-21(14)13-8-5-7-12(9-13)11(2)3/h5,7-9,11H,4,6,10H2,1-3H3,(H,18,24)(H,22,23). The van der Waals surface area contributed by atoms with Crippen molar-refractivity contribution < 1.29 is 14.7 Å². The van der Waals surface area contributed by atoms with Crippen LogP contribution in [0.1, 0.15) is 54.9 Å². The number of rotatable bonds is 7. The van der Waals surface area contributed by atoms with E-state index < -0.39 is 18.4 Å². The topological polar surface area (TPSA) is 97.1 Å². The van der Waals surface area contributed by atoms with E-state index in [2.05, 4.69) is 29.5 Å². The minimum absolute atomic E-state index is 0.174. The smallest absolute Gasteiger partial charge is 0.322 e. The summed E-state index contributed by atoms with van der Waals surface area (Å²) in [6.07, 6.45) is 1.44. The van der Waals surface area contributed by atoms with Crippen molar-refractivity contribution in [3.8, 4) is 5.69 Å². The molecule has 24 heavy (non-hydrogen) atoms. The molecule has 128 valence electrons. The number of aromatic nitrogens is 3. The molecular weight excluding hydrogens is 308 g/mol. The molecule has 7 nitrogen and oxygen atoms in total. The first-order chi connectivity index (χ1) is 11.4. The summed E-state index contributed by atoms with van der Waals surface area (Å²) in [5.41, 5.74) is 2.87. The van der Waals surface area contributed by atoms with E-state index in [1.54, 1.807) is 4.68 Å². The van der Waals surface area contributed by atoms with Gasteiger partial charge in [-0.1, -0.05) is 44.5 Å². The van der Waals surface area contributed by atoms with Crippen LogP contribution in [0.5, 0.6) is 0 Å². The summed E-state index contributed by atoms with van der Waals surface area (Å²) in [4.78, 5) is 22.8. The van der Waals surface area contributed by atoms with E-state index in [9.17, 15) is 9.59 Å². The average molecular weight is 330 g/mol. The molecule has 0 atom stereocenters. The number of carboxylic acids is 1. The molecule has 2 aromatic rings. The summed E-state index contributed by atoms with van der Waals surface area (Å²) >= 11 is 0. The molecule has 0 saturated heterocycles. The van der Waals surface area contributed by atoms with Crippen LogP contribution >= 0.6 is 0 Å². The van der Waals surface area contributed by atoms with Crippen molar-refractivity contribution in [2.45, 2.75) is 39.5 Å². The fraction of sp³-hybridized carbons (Fsp3) is 0.412. The molecule has 0 unspecified atom stereocenters. The van der Waals surface area contributed by atoms with Crippen molar-refractivity contribution in [2.75, 3.05) is 6.54 Å². The molecule has 0 fully saturated rings. The predicted molar refractivity (Wildman–Crippen MR) is 89.4 cm³/mol. The fourth-order valence-electron chi connectivity index (χ4n) is 2.40. The van der Waals surface area contributed by atoms with Gasteiger partial charge < -0.3 is 10.4 Å². The maximum Gasteiger partial charge on any atom is 0.322 e. The molecule has 0 spiro atoms. The van der Waals surface area contributed by atoms with Gasteiger partial charge in [0.25, 0.3) is 5.91 Å². The van der Waals surface area contributed by atoms with Crippen molar-refractivity contribution in [2.24, 2.45) is 0 Å². The summed E-state index contributed by atoms with van der Waals surface area (Å²) < 4.78 is 1.66. The Balaban J connectivity index is 2.39. The molecule has 0 aliphatic rings. The average Bonchev–Trinajstić information content (AvgIpc) is 2.97. The third kappa shape index (κ3) is 3.98. The van der Waals surface area contributed by atoms with Crippen LogP contribution in [0, 0.1) is 0 Å². The van der Waals surface area contributed by atoms with Crippen molar-refractivity contribution >= 4 is 11.9 Å². The van der Waals surface area contributed by atoms with Gasteiger partial charge in [-0.05, 0) is 30.0 Å². The Kier molecular flexibility index (Phi) is 5.68. The molecule has 7 heteroatoms. The normalized spacial score (nSPS) is 10.8. The number of hydrogen-bond donors (Lipinski definition) is 2. The maximum atomic E-state index is 12.2. The lowest BCUT2D eigenvalue weighted by Crippen LogP contribution is -2.30. The van der Waals surface area contributed by atoms with Crippen LogP contribution < -0.4 is 5.32 Å². The van der Waals surface area contributed by atoms with Crippen LogP contribution in [0.25, 0.3) is 5.69 Å². The van der Waals surface area contributed by atoms with Crippen LogP contribution in [-0.4, -0.2) is 38.5 Å². The second-order valence-corrected chi connectivity index (χ2v) is 5.87. The van der Waals surface area contributed by atoms with Crippen molar-refractivity contribution in [1.29, 1.82) is 0 Å². The minimum Gasteiger partial charge on any atom is -0.480 e. The zero-order chi connectivity index (χ0) is 17.7. The molecule has 2 rings (SSSR count). The zero-order valence-electron chi connectivity index (χ0n) is 14.1. The first-order valence-corrected chi connectivity index (χ1v) is 7.99. The van der Waals surface area contributed by atoms with Gasteiger partial charge in [0.15, 0.2) is 5.69 Å². The summed E-state index contributed by atoms with van der Waals surface area (Å²) in [5, 5.41) is 19.1. The van der Waals surface area contributed by atoms with Crippen LogP contribution in [0.2, 0.25) is 0 Å². The Morgan fingerprint density at radius 3 is 2.71 bits per heavy atom. The summed E-state index contributed by atoms with van der Waals surface area (Å²) in [7, 11) is 0. The Hall–Kier alpha value is -2.70. The lowest BCUT2D eigenvalue weighted by atomic mass is 10.0. The molecule has 0 saturated carbocycles. The first kappa shape index (κ1) is 17.7. The monoisotopic (exact) mass is 330 g/mol. The van der Waals surface area contributed by atoms with Gasteiger partial charge in [0.2, 0.25) is 0 Å². The second kappa shape index (κ2) is 7.72. The largest absolute Gasteiger partial charge is 0.480 e. The Morgan fingerprint density at radius 1 is 1.33 bits per heavy atom. The van der Waals surface area contributed by atoms with Crippen molar-refractivity contribution in [1.82, 2.24) is 20.3 Å². The molecule has 1 aromatic carbocycles. The van der Waals surface area contributed by atoms with Gasteiger partial charge in [0.05, 0.1) is 11.4 Å². The Morgan fingerprint density at radius 2 is 2.08 bits per heavy atom. The molecule has 1 amide bonds. The highest BCUT2D eigenvalue weighted by molar-refractivity contribution is 5.95. The molecule has 1 heterocycles. The van der Waals surface area contributed by atoms with Crippen LogP contribution in [0.4, 0.5) is 0 Å². The number of nitrogens with zero attached hydrogens (tertiary/aromatic N) is 3. The number of aliphatic carboxylic acids is 1. The number of benzene rings is 1. The van der Waals surface area contributed by atoms with Crippen molar-refractivity contribution in [3.05, 3.63) is 41.2 Å². The van der Waals surface area contributed by atoms with Crippen LogP contribution in [0.15, 0.2) is 24.3 Å². The van der Waals surface area contributed by atoms with Gasteiger partial charge in [-0.15, -0.1) is 5.10 Å². The van der Waals surface area contributed by atoms with Crippen LogP contribution in [-0.2, 0) is 11.2 Å². The third-order valence-corrected chi connectivity index (χ3v) is 3.65. The van der Waals surface area contributed by atoms with Gasteiger partial charge in [-0.3, -0.25) is 9.59 Å². The number of hydrogen-bond acceptors (Lipinski definition) is 4. The van der Waals surface area contributed by atoms with Gasteiger partial charge in [-0.25, -0.2) is 4.68 Å². The lowest BCUT2D eigenvalue weighted by Gasteiger charge is -2.10. The molecule has 0 radical (unpaired) electrons. The number of nitrogens with one attached hydrogen (secondary N) is 1. The Labute approximate surface area is 140 Å². The van der Waals surface area contributed by atoms with E-state index >= 15 is 0 Å². The highest BCUT2D eigenvalue weighted by atomic mass is 16.4. The molecule has 2 N–H and O–H groups in total. The lowest BCUT2D eigenvalue weighted by molar-refractivity contribution is -0.135. The van der Waals surface area contributed by atoms with E-state index in [1.807, 2.05) is 31.2 Å². The third-order valence-electron chi connectivity index (χ3n) is 3.65. The van der Waals surface area contributed by atoms with E-state index in [0.717, 1.165) is 12.1 Å². The van der Waals surface area contributed by atoms with Gasteiger partial charge in [-0.2, -0.15) is 0 Å². The van der Waals surface area contributed by atoms with Gasteiger partial charge in [0, 0.05) is 0 Å². The van der Waals surface area contributed by atoms with Crippen LogP contribution in [0.3, 0.4) is 0 Å². The molecule has 1 aromatic heterocycles. The fourth-order valence-corrected chi connectivity index (χ4v) is 2.40. The van der Waals surface area contributed by atoms with Gasteiger partial charge >= 0.3 is 5.97 Å². The van der Waals surface area contributed by atoms with Crippen molar-refractivity contribution in [3.63, 3.8) is 0 Å². The summed E-state index contributed by atoms with van der Waals surface area (Å²) in [5.74, 6) is -1.24. The van der Waals surface area contributed by atoms with E-state index in [0.29, 0.717) is 18.0 Å². The maximum absolute atomic E-state index is 12.2. The summed E-state index contributed by atoms with van der Waals surface area (Å²) in [6, 6.07) is 7.94. The number of carboxylic acid groups (broad SMARTS) is 1. The van der Waals surface area contributed by atoms with E-state index in [1.165, 1.54) is 5.56 Å². The number of amides is 1. The Bertz CT molecular complexity index is 737. The number of carbonyl (C=O) groups excluding carboxylic acids is 1. The summed E-state index contributed by atoms with van der Waals surface area (Å²) in [6.45, 7) is 5.78. The first-order valence-electron chi connectivity index (χ1n) is 7.99. The molecular formula is C17H22N4O3. The molecule has 0 bridgehead atoms. The van der Waals surface area contributed by atoms with E-state index in [-0.39, 0.29) is 5.69 Å². The van der Waals surface area contributed by atoms with Gasteiger partial charge in [0.1, 0.15) is 6.54 Å². The quantitative estimate of drug-likeness (QED) is 0.811. The SMILES string of the molecule is CCCc1c(C(=O)NCC(=O)O)nnn1-c1cccc(C(C)C)c1. The molecule has 0 aliphatic carbocycles. The predicted octanol–water partition coefficient (Wildman–Crippen LogP) is 2.16. The second-order valence-electron chi connectivity index (χ2n) is 5.87. The zero-order valence-corrected chi connectivity index (χ0v) is 14.1. The molecule has 0 aliphatic heterocycles. The highest BCUT2D eigenvalue weighted by Gasteiger charge is 2.20. The highest BCUT2D eigenvalue weighted by Crippen LogP contribution is 2.20. The number of carbonyl (C=O) groups is 2. The van der Waals surface area contributed by atoms with E-state index in [4.69, 9.17) is 5.11 Å².